The lowest BCUT2D eigenvalue weighted by atomic mass is 10.1. The van der Waals surface area contributed by atoms with E-state index in [0.29, 0.717) is 17.1 Å². The molecule has 8 heteroatoms. The quantitative estimate of drug-likeness (QED) is 0.749. The number of benzene rings is 1. The van der Waals surface area contributed by atoms with Gasteiger partial charge in [-0.2, -0.15) is 0 Å². The number of aromatic nitrogens is 2. The number of amides is 2. The average molecular weight is 354 g/mol. The van der Waals surface area contributed by atoms with Gasteiger partial charge in [0.05, 0.1) is 11.4 Å². The zero-order chi connectivity index (χ0) is 18.7. The minimum atomic E-state index is -0.660. The third kappa shape index (κ3) is 3.92. The van der Waals surface area contributed by atoms with Crippen LogP contribution >= 0.6 is 0 Å². The monoisotopic (exact) mass is 354 g/mol. The molecule has 0 aliphatic heterocycles. The highest BCUT2D eigenvalue weighted by Gasteiger charge is 2.15. The van der Waals surface area contributed by atoms with Crippen molar-refractivity contribution in [3.8, 4) is 0 Å². The van der Waals surface area contributed by atoms with Crippen LogP contribution in [0.15, 0.2) is 47.1 Å². The molecule has 0 aliphatic rings. The number of nitrogens with zero attached hydrogens (tertiary/aromatic N) is 2. The molecule has 0 bridgehead atoms. The van der Waals surface area contributed by atoms with E-state index < -0.39 is 17.6 Å². The first kappa shape index (κ1) is 17.3. The first-order valence-electron chi connectivity index (χ1n) is 7.70. The van der Waals surface area contributed by atoms with Crippen LogP contribution < -0.4 is 10.6 Å². The molecule has 2 N–H and O–H groups in total. The Morgan fingerprint density at radius 1 is 1.08 bits per heavy atom. The topological polar surface area (TPSA) is 97.1 Å². The molecule has 0 saturated heterocycles. The van der Waals surface area contributed by atoms with Crippen LogP contribution in [0.3, 0.4) is 0 Å². The first-order valence-corrected chi connectivity index (χ1v) is 7.70. The number of carbonyl (C=O) groups excluding carboxylic acids is 2. The molecule has 2 heterocycles. The van der Waals surface area contributed by atoms with Gasteiger partial charge in [-0.1, -0.05) is 5.16 Å². The van der Waals surface area contributed by atoms with Gasteiger partial charge >= 0.3 is 0 Å². The molecule has 1 aromatic carbocycles. The van der Waals surface area contributed by atoms with E-state index >= 15 is 0 Å². The van der Waals surface area contributed by atoms with Gasteiger partial charge in [0.1, 0.15) is 11.6 Å². The number of rotatable bonds is 4. The van der Waals surface area contributed by atoms with Gasteiger partial charge in [-0.3, -0.25) is 14.6 Å². The molecule has 2 aromatic heterocycles. The normalized spacial score (nSPS) is 10.4. The standard InChI is InChI=1S/C18H15FN4O3/c1-10-6-16(23-26-10)18(25)21-14-8-12(7-13(19)9-14)17(24)22-15-4-3-5-20-11(15)2/h3-9H,1-2H3,(H,21,25)(H,22,24). The van der Waals surface area contributed by atoms with Gasteiger partial charge in [0.2, 0.25) is 0 Å². The summed E-state index contributed by atoms with van der Waals surface area (Å²) in [4.78, 5) is 28.5. The van der Waals surface area contributed by atoms with E-state index in [1.807, 2.05) is 0 Å². The minimum Gasteiger partial charge on any atom is -0.361 e. The fraction of sp³-hybridized carbons (Fsp3) is 0.111. The summed E-state index contributed by atoms with van der Waals surface area (Å²) in [6, 6.07) is 8.38. The van der Waals surface area contributed by atoms with Crippen LogP contribution in [-0.4, -0.2) is 22.0 Å². The predicted molar refractivity (Wildman–Crippen MR) is 92.5 cm³/mol. The predicted octanol–water partition coefficient (Wildman–Crippen LogP) is 3.33. The van der Waals surface area contributed by atoms with Crippen molar-refractivity contribution in [3.05, 3.63) is 71.1 Å². The summed E-state index contributed by atoms with van der Waals surface area (Å²) in [6.07, 6.45) is 1.60. The minimum absolute atomic E-state index is 0.0555. The Morgan fingerprint density at radius 2 is 1.88 bits per heavy atom. The van der Waals surface area contributed by atoms with E-state index in [-0.39, 0.29) is 16.9 Å². The van der Waals surface area contributed by atoms with Gasteiger partial charge in [-0.25, -0.2) is 4.39 Å². The van der Waals surface area contributed by atoms with Crippen LogP contribution in [0.1, 0.15) is 32.3 Å². The highest BCUT2D eigenvalue weighted by Crippen LogP contribution is 2.18. The zero-order valence-electron chi connectivity index (χ0n) is 14.0. The number of nitrogens with one attached hydrogen (secondary N) is 2. The van der Waals surface area contributed by atoms with Crippen LogP contribution in [0, 0.1) is 19.7 Å². The Labute approximate surface area is 148 Å². The van der Waals surface area contributed by atoms with E-state index in [2.05, 4.69) is 20.8 Å². The third-order valence-corrected chi connectivity index (χ3v) is 3.53. The summed E-state index contributed by atoms with van der Waals surface area (Å²) in [5, 5.41) is 8.74. The van der Waals surface area contributed by atoms with Crippen molar-refractivity contribution in [1.82, 2.24) is 10.1 Å². The Bertz CT molecular complexity index is 984. The summed E-state index contributed by atoms with van der Waals surface area (Å²) < 4.78 is 18.7. The molecule has 26 heavy (non-hydrogen) atoms. The van der Waals surface area contributed by atoms with Gasteiger partial charge in [0.15, 0.2) is 5.69 Å². The van der Waals surface area contributed by atoms with Gasteiger partial charge in [0, 0.05) is 23.5 Å². The Kier molecular flexibility index (Phi) is 4.74. The second-order valence-corrected chi connectivity index (χ2v) is 5.60. The lowest BCUT2D eigenvalue weighted by Gasteiger charge is -2.09. The molecule has 3 rings (SSSR count). The molecular weight excluding hydrogens is 339 g/mol. The summed E-state index contributed by atoms with van der Waals surface area (Å²) in [7, 11) is 0. The van der Waals surface area contributed by atoms with E-state index in [4.69, 9.17) is 4.52 Å². The number of halogens is 1. The Hall–Kier alpha value is -3.55. The molecule has 0 spiro atoms. The molecular formula is C18H15FN4O3. The van der Waals surface area contributed by atoms with Crippen molar-refractivity contribution >= 4 is 23.2 Å². The molecule has 0 radical (unpaired) electrons. The van der Waals surface area contributed by atoms with E-state index in [1.54, 1.807) is 32.2 Å². The Balaban J connectivity index is 1.80. The largest absolute Gasteiger partial charge is 0.361 e. The lowest BCUT2D eigenvalue weighted by molar-refractivity contribution is 0.101. The summed E-state index contributed by atoms with van der Waals surface area (Å²) >= 11 is 0. The number of hydrogen-bond donors (Lipinski definition) is 2. The van der Waals surface area contributed by atoms with E-state index in [0.717, 1.165) is 12.1 Å². The number of pyridine rings is 1. The maximum Gasteiger partial charge on any atom is 0.277 e. The summed E-state index contributed by atoms with van der Waals surface area (Å²) in [5.41, 5.74) is 1.39. The van der Waals surface area contributed by atoms with Crippen molar-refractivity contribution in [3.63, 3.8) is 0 Å². The molecule has 0 saturated carbocycles. The summed E-state index contributed by atoms with van der Waals surface area (Å²) in [6.45, 7) is 3.39. The molecule has 0 aliphatic carbocycles. The average Bonchev–Trinajstić information content (AvgIpc) is 3.03. The molecule has 0 unspecified atom stereocenters. The first-order chi connectivity index (χ1) is 12.4. The number of carbonyl (C=O) groups is 2. The second-order valence-electron chi connectivity index (χ2n) is 5.60. The SMILES string of the molecule is Cc1cc(C(=O)Nc2cc(F)cc(C(=O)Nc3cccnc3C)c2)no1. The lowest BCUT2D eigenvalue weighted by Crippen LogP contribution is -2.16. The number of aryl methyl sites for hydroxylation is 2. The highest BCUT2D eigenvalue weighted by atomic mass is 19.1. The Morgan fingerprint density at radius 3 is 2.58 bits per heavy atom. The van der Waals surface area contributed by atoms with E-state index in [9.17, 15) is 14.0 Å². The molecule has 2 amide bonds. The number of hydrogen-bond acceptors (Lipinski definition) is 5. The second kappa shape index (κ2) is 7.14. The maximum absolute atomic E-state index is 13.9. The van der Waals surface area contributed by atoms with Crippen LogP contribution in [0.4, 0.5) is 15.8 Å². The molecule has 132 valence electrons. The van der Waals surface area contributed by atoms with Crippen LogP contribution in [0.25, 0.3) is 0 Å². The van der Waals surface area contributed by atoms with Crippen molar-refractivity contribution in [2.45, 2.75) is 13.8 Å². The highest BCUT2D eigenvalue weighted by molar-refractivity contribution is 6.07. The van der Waals surface area contributed by atoms with Gasteiger partial charge in [0.25, 0.3) is 11.8 Å². The van der Waals surface area contributed by atoms with Gasteiger partial charge < -0.3 is 15.2 Å². The summed E-state index contributed by atoms with van der Waals surface area (Å²) in [5.74, 6) is -1.27. The van der Waals surface area contributed by atoms with Crippen LogP contribution in [0.5, 0.6) is 0 Å². The fourth-order valence-corrected chi connectivity index (χ4v) is 2.27. The van der Waals surface area contributed by atoms with Crippen LogP contribution in [0.2, 0.25) is 0 Å². The molecule has 0 atom stereocenters. The molecule has 0 fully saturated rings. The van der Waals surface area contributed by atoms with Gasteiger partial charge in [-0.05, 0) is 44.2 Å². The van der Waals surface area contributed by atoms with Crippen molar-refractivity contribution in [2.24, 2.45) is 0 Å². The van der Waals surface area contributed by atoms with Crippen molar-refractivity contribution in [2.75, 3.05) is 10.6 Å². The van der Waals surface area contributed by atoms with Crippen molar-refractivity contribution in [1.29, 1.82) is 0 Å². The third-order valence-electron chi connectivity index (χ3n) is 3.53. The van der Waals surface area contributed by atoms with Crippen LogP contribution in [-0.2, 0) is 0 Å². The maximum atomic E-state index is 13.9. The fourth-order valence-electron chi connectivity index (χ4n) is 2.27. The van der Waals surface area contributed by atoms with E-state index in [1.165, 1.54) is 12.1 Å². The van der Waals surface area contributed by atoms with Crippen molar-refractivity contribution < 1.29 is 18.5 Å². The zero-order valence-corrected chi connectivity index (χ0v) is 14.0. The smallest absolute Gasteiger partial charge is 0.277 e. The van der Waals surface area contributed by atoms with Gasteiger partial charge in [-0.15, -0.1) is 0 Å². The molecule has 7 nitrogen and oxygen atoms in total. The molecule has 3 aromatic rings. The number of anilines is 2.